The monoisotopic (exact) mass is 458 g/mol. The van der Waals surface area contributed by atoms with Gasteiger partial charge in [0.05, 0.1) is 10.8 Å². The number of allylic oxidation sites excluding steroid dienone is 1. The summed E-state index contributed by atoms with van der Waals surface area (Å²) in [7, 11) is -1.90. The van der Waals surface area contributed by atoms with E-state index in [0.29, 0.717) is 11.4 Å². The van der Waals surface area contributed by atoms with Crippen LogP contribution in [0.5, 0.6) is 0 Å². The molecule has 1 fully saturated rings. The zero-order valence-electron chi connectivity index (χ0n) is 17.9. The van der Waals surface area contributed by atoms with Crippen LogP contribution in [0.15, 0.2) is 71.2 Å². The second-order valence-electron chi connectivity index (χ2n) is 7.89. The van der Waals surface area contributed by atoms with Gasteiger partial charge in [-0.1, -0.05) is 67.4 Å². The number of benzene rings is 1. The molecule has 0 bridgehead atoms. The van der Waals surface area contributed by atoms with Crippen molar-refractivity contribution in [2.24, 2.45) is 0 Å². The SMILES string of the molecule is C=CCC(C(=O)CSc1ccc(S(=O)(=O)N(C)C2CCCCC2)cn1)c1ccccc1. The number of aromatic nitrogens is 1. The lowest BCUT2D eigenvalue weighted by Gasteiger charge is -2.30. The predicted octanol–water partition coefficient (Wildman–Crippen LogP) is 5.06. The van der Waals surface area contributed by atoms with Gasteiger partial charge in [0.2, 0.25) is 10.0 Å². The molecular weight excluding hydrogens is 428 g/mol. The molecule has 0 spiro atoms. The van der Waals surface area contributed by atoms with Gasteiger partial charge in [0.15, 0.2) is 5.78 Å². The predicted molar refractivity (Wildman–Crippen MR) is 126 cm³/mol. The van der Waals surface area contributed by atoms with E-state index < -0.39 is 10.0 Å². The van der Waals surface area contributed by atoms with Crippen LogP contribution >= 0.6 is 11.8 Å². The van der Waals surface area contributed by atoms with E-state index in [-0.39, 0.29) is 28.4 Å². The van der Waals surface area contributed by atoms with Crippen LogP contribution in [0.3, 0.4) is 0 Å². The number of hydrogen-bond donors (Lipinski definition) is 0. The fourth-order valence-corrected chi connectivity index (χ4v) is 6.11. The first-order chi connectivity index (χ1) is 14.9. The van der Waals surface area contributed by atoms with Crippen LogP contribution in [0.25, 0.3) is 0 Å². The highest BCUT2D eigenvalue weighted by molar-refractivity contribution is 7.99. The minimum atomic E-state index is -3.56. The Labute approximate surface area is 190 Å². The Morgan fingerprint density at radius 3 is 2.52 bits per heavy atom. The standard InChI is InChI=1S/C24H30N2O3S2/c1-3-10-22(19-11-6-4-7-12-19)23(27)18-30-24-16-15-21(17-25-24)31(28,29)26(2)20-13-8-5-9-14-20/h3-4,6-7,11-12,15-17,20,22H,1,5,8-10,13-14,18H2,2H3. The first-order valence-electron chi connectivity index (χ1n) is 10.7. The highest BCUT2D eigenvalue weighted by Crippen LogP contribution is 2.28. The second kappa shape index (κ2) is 11.1. The minimum Gasteiger partial charge on any atom is -0.298 e. The lowest BCUT2D eigenvalue weighted by Crippen LogP contribution is -2.38. The molecule has 0 saturated heterocycles. The van der Waals surface area contributed by atoms with Crippen molar-refractivity contribution in [3.63, 3.8) is 0 Å². The Morgan fingerprint density at radius 1 is 1.19 bits per heavy atom. The van der Waals surface area contributed by atoms with Crippen molar-refractivity contribution in [2.45, 2.75) is 60.4 Å². The third-order valence-electron chi connectivity index (χ3n) is 5.83. The van der Waals surface area contributed by atoms with E-state index in [1.807, 2.05) is 30.3 Å². The number of ketones is 1. The quantitative estimate of drug-likeness (QED) is 0.368. The van der Waals surface area contributed by atoms with Gasteiger partial charge in [-0.2, -0.15) is 4.31 Å². The average molecular weight is 459 g/mol. The van der Waals surface area contributed by atoms with Crippen molar-refractivity contribution < 1.29 is 13.2 Å². The zero-order valence-corrected chi connectivity index (χ0v) is 19.6. The molecule has 0 N–H and O–H groups in total. The van der Waals surface area contributed by atoms with Crippen molar-refractivity contribution in [3.05, 3.63) is 66.9 Å². The summed E-state index contributed by atoms with van der Waals surface area (Å²) in [4.78, 5) is 17.3. The Morgan fingerprint density at radius 2 is 1.90 bits per heavy atom. The summed E-state index contributed by atoms with van der Waals surface area (Å²) in [6.45, 7) is 3.77. The molecule has 0 aliphatic heterocycles. The number of nitrogens with zero attached hydrogens (tertiary/aromatic N) is 2. The number of hydrogen-bond acceptors (Lipinski definition) is 5. The van der Waals surface area contributed by atoms with Gasteiger partial charge < -0.3 is 0 Å². The van der Waals surface area contributed by atoms with Crippen molar-refractivity contribution in [3.8, 4) is 0 Å². The molecule has 1 heterocycles. The van der Waals surface area contributed by atoms with E-state index in [2.05, 4.69) is 11.6 Å². The number of carbonyl (C=O) groups is 1. The van der Waals surface area contributed by atoms with Gasteiger partial charge in [-0.05, 0) is 37.0 Å². The zero-order chi connectivity index (χ0) is 22.3. The maximum atomic E-state index is 12.9. The molecular formula is C24H30N2O3S2. The summed E-state index contributed by atoms with van der Waals surface area (Å²) in [6, 6.07) is 13.0. The number of pyridine rings is 1. The number of Topliss-reactive ketones (excluding diaryl/α,β-unsaturated/α-hetero) is 1. The Balaban J connectivity index is 1.63. The molecule has 1 aliphatic carbocycles. The van der Waals surface area contributed by atoms with Gasteiger partial charge in [-0.3, -0.25) is 4.79 Å². The molecule has 1 aliphatic rings. The normalized spacial score (nSPS) is 16.2. The summed E-state index contributed by atoms with van der Waals surface area (Å²) in [5.41, 5.74) is 0.980. The maximum absolute atomic E-state index is 12.9. The molecule has 1 aromatic heterocycles. The van der Waals surface area contributed by atoms with Crippen molar-refractivity contribution in [1.29, 1.82) is 0 Å². The summed E-state index contributed by atoms with van der Waals surface area (Å²) in [5.74, 6) is 0.149. The Hall–Kier alpha value is -1.96. The van der Waals surface area contributed by atoms with Crippen LogP contribution in [0.1, 0.15) is 50.0 Å². The molecule has 1 saturated carbocycles. The summed E-state index contributed by atoms with van der Waals surface area (Å²) >= 11 is 1.33. The topological polar surface area (TPSA) is 67.3 Å². The number of rotatable bonds is 10. The molecule has 1 unspecified atom stereocenters. The molecule has 2 aromatic rings. The van der Waals surface area contributed by atoms with Gasteiger partial charge in [-0.25, -0.2) is 13.4 Å². The van der Waals surface area contributed by atoms with Crippen LogP contribution in [0, 0.1) is 0 Å². The van der Waals surface area contributed by atoms with Gasteiger partial charge >= 0.3 is 0 Å². The summed E-state index contributed by atoms with van der Waals surface area (Å²) in [5, 5.41) is 0.637. The van der Waals surface area contributed by atoms with Gasteiger partial charge in [0.25, 0.3) is 0 Å². The molecule has 0 radical (unpaired) electrons. The molecule has 0 amide bonds. The van der Waals surface area contributed by atoms with Crippen LogP contribution in [0.4, 0.5) is 0 Å². The van der Waals surface area contributed by atoms with Gasteiger partial charge in [0, 0.05) is 25.2 Å². The highest BCUT2D eigenvalue weighted by Gasteiger charge is 2.29. The lowest BCUT2D eigenvalue weighted by atomic mass is 9.92. The lowest BCUT2D eigenvalue weighted by molar-refractivity contribution is -0.117. The van der Waals surface area contributed by atoms with Crippen molar-refractivity contribution in [1.82, 2.24) is 9.29 Å². The van der Waals surface area contributed by atoms with E-state index in [4.69, 9.17) is 0 Å². The van der Waals surface area contributed by atoms with E-state index in [9.17, 15) is 13.2 Å². The second-order valence-corrected chi connectivity index (χ2v) is 10.9. The summed E-state index contributed by atoms with van der Waals surface area (Å²) < 4.78 is 27.4. The minimum absolute atomic E-state index is 0.0604. The smallest absolute Gasteiger partial charge is 0.244 e. The molecule has 1 atom stereocenters. The van der Waals surface area contributed by atoms with Crippen LogP contribution in [-0.4, -0.2) is 42.3 Å². The maximum Gasteiger partial charge on any atom is 0.244 e. The third-order valence-corrected chi connectivity index (χ3v) is 8.69. The van der Waals surface area contributed by atoms with E-state index in [1.165, 1.54) is 28.7 Å². The van der Waals surface area contributed by atoms with Gasteiger partial charge in [-0.15, -0.1) is 6.58 Å². The van der Waals surface area contributed by atoms with Crippen molar-refractivity contribution in [2.75, 3.05) is 12.8 Å². The third kappa shape index (κ3) is 6.05. The first kappa shape index (κ1) is 23.7. The molecule has 166 valence electrons. The van der Waals surface area contributed by atoms with E-state index in [0.717, 1.165) is 31.2 Å². The molecule has 3 rings (SSSR count). The Bertz CT molecular complexity index is 970. The van der Waals surface area contributed by atoms with Gasteiger partial charge in [0.1, 0.15) is 4.90 Å². The van der Waals surface area contributed by atoms with Crippen molar-refractivity contribution >= 4 is 27.6 Å². The van der Waals surface area contributed by atoms with E-state index >= 15 is 0 Å². The first-order valence-corrected chi connectivity index (χ1v) is 13.1. The fraction of sp³-hybridized carbons (Fsp3) is 0.417. The Kier molecular flexibility index (Phi) is 8.46. The summed E-state index contributed by atoms with van der Waals surface area (Å²) in [6.07, 6.45) is 8.89. The molecule has 31 heavy (non-hydrogen) atoms. The molecule has 7 heteroatoms. The van der Waals surface area contributed by atoms with Crippen LogP contribution in [-0.2, 0) is 14.8 Å². The van der Waals surface area contributed by atoms with E-state index in [1.54, 1.807) is 25.3 Å². The number of thioether (sulfide) groups is 1. The fourth-order valence-electron chi connectivity index (χ4n) is 3.96. The largest absolute Gasteiger partial charge is 0.298 e. The van der Waals surface area contributed by atoms with Crippen LogP contribution < -0.4 is 0 Å². The number of carbonyl (C=O) groups excluding carboxylic acids is 1. The highest BCUT2D eigenvalue weighted by atomic mass is 32.2. The molecule has 5 nitrogen and oxygen atoms in total. The average Bonchev–Trinajstić information content (AvgIpc) is 2.82. The van der Waals surface area contributed by atoms with Crippen LogP contribution in [0.2, 0.25) is 0 Å². The number of sulfonamides is 1. The molecule has 1 aromatic carbocycles.